The van der Waals surface area contributed by atoms with Crippen molar-refractivity contribution in [3.8, 4) is 17.1 Å². The lowest BCUT2D eigenvalue weighted by molar-refractivity contribution is 0.310. The lowest BCUT2D eigenvalue weighted by Crippen LogP contribution is -2.39. The Balaban J connectivity index is 1.66. The van der Waals surface area contributed by atoms with E-state index >= 15 is 0 Å². The molecule has 0 saturated carbocycles. The first-order valence-corrected chi connectivity index (χ1v) is 11.6. The van der Waals surface area contributed by atoms with Gasteiger partial charge >= 0.3 is 0 Å². The Bertz CT molecular complexity index is 1150. The number of piperidine rings is 1. The van der Waals surface area contributed by atoms with Crippen LogP contribution in [0.4, 0.5) is 5.82 Å². The lowest BCUT2D eigenvalue weighted by Gasteiger charge is -2.32. The molecule has 1 fully saturated rings. The van der Waals surface area contributed by atoms with Crippen molar-refractivity contribution in [2.45, 2.75) is 23.7 Å². The van der Waals surface area contributed by atoms with Crippen LogP contribution in [0.3, 0.4) is 0 Å². The molecule has 1 aliphatic heterocycles. The van der Waals surface area contributed by atoms with Gasteiger partial charge in [0, 0.05) is 50.1 Å². The van der Waals surface area contributed by atoms with Crippen molar-refractivity contribution in [1.29, 1.82) is 0 Å². The van der Waals surface area contributed by atoms with E-state index in [1.807, 2.05) is 18.2 Å². The maximum atomic E-state index is 13.3. The van der Waals surface area contributed by atoms with E-state index in [0.717, 1.165) is 24.1 Å². The van der Waals surface area contributed by atoms with Crippen LogP contribution in [-0.4, -0.2) is 54.9 Å². The Hall–Kier alpha value is -3.04. The van der Waals surface area contributed by atoms with Crippen LogP contribution >= 0.6 is 0 Å². The normalized spacial score (nSPS) is 17.3. The summed E-state index contributed by atoms with van der Waals surface area (Å²) in [6, 6.07) is 12.4. The summed E-state index contributed by atoms with van der Waals surface area (Å²) in [5.41, 5.74) is 1.63. The van der Waals surface area contributed by atoms with Crippen LogP contribution in [0.2, 0.25) is 0 Å². The highest BCUT2D eigenvalue weighted by Crippen LogP contribution is 2.33. The molecule has 1 N–H and O–H groups in total. The van der Waals surface area contributed by atoms with Gasteiger partial charge in [0.15, 0.2) is 5.82 Å². The zero-order valence-corrected chi connectivity index (χ0v) is 18.3. The molecule has 31 heavy (non-hydrogen) atoms. The molecule has 1 aliphatic rings. The summed E-state index contributed by atoms with van der Waals surface area (Å²) in [5, 5.41) is 3.08. The van der Waals surface area contributed by atoms with Crippen LogP contribution < -0.4 is 10.1 Å². The zero-order chi connectivity index (χ0) is 21.8. The summed E-state index contributed by atoms with van der Waals surface area (Å²) in [5.74, 6) is 1.57. The minimum atomic E-state index is -3.68. The van der Waals surface area contributed by atoms with E-state index < -0.39 is 10.0 Å². The summed E-state index contributed by atoms with van der Waals surface area (Å²) in [7, 11) is -0.401. The van der Waals surface area contributed by atoms with Gasteiger partial charge in [-0.15, -0.1) is 0 Å². The molecule has 1 saturated heterocycles. The van der Waals surface area contributed by atoms with Crippen molar-refractivity contribution in [2.75, 3.05) is 32.6 Å². The Kier molecular flexibility index (Phi) is 6.15. The first kappa shape index (κ1) is 21.2. The Morgan fingerprint density at radius 1 is 1.16 bits per heavy atom. The highest BCUT2D eigenvalue weighted by atomic mass is 32.2. The Morgan fingerprint density at radius 2 is 2.00 bits per heavy atom. The second-order valence-corrected chi connectivity index (χ2v) is 9.25. The Labute approximate surface area is 182 Å². The van der Waals surface area contributed by atoms with Crippen LogP contribution in [0.25, 0.3) is 11.4 Å². The molecule has 1 unspecified atom stereocenters. The molecule has 2 aromatic heterocycles. The number of para-hydroxylation sites is 1. The van der Waals surface area contributed by atoms with Gasteiger partial charge in [-0.3, -0.25) is 4.98 Å². The smallest absolute Gasteiger partial charge is 0.246 e. The molecular weight excluding hydrogens is 414 g/mol. The van der Waals surface area contributed by atoms with E-state index in [4.69, 9.17) is 9.72 Å². The lowest BCUT2D eigenvalue weighted by atomic mass is 9.95. The molecule has 0 spiro atoms. The molecule has 4 rings (SSSR count). The third-order valence-corrected chi connectivity index (χ3v) is 7.32. The highest BCUT2D eigenvalue weighted by Gasteiger charge is 2.33. The largest absolute Gasteiger partial charge is 0.495 e. The van der Waals surface area contributed by atoms with Gasteiger partial charge in [-0.1, -0.05) is 12.1 Å². The number of methoxy groups -OCH3 is 1. The maximum absolute atomic E-state index is 13.3. The zero-order valence-electron chi connectivity index (χ0n) is 17.5. The summed E-state index contributed by atoms with van der Waals surface area (Å²) >= 11 is 0. The Morgan fingerprint density at radius 3 is 2.74 bits per heavy atom. The summed E-state index contributed by atoms with van der Waals surface area (Å²) in [6.07, 6.45) is 5.02. The van der Waals surface area contributed by atoms with E-state index in [9.17, 15) is 8.42 Å². The predicted octanol–water partition coefficient (Wildman–Crippen LogP) is 3.16. The number of anilines is 1. The number of pyridine rings is 1. The number of nitrogens with zero attached hydrogens (tertiary/aromatic N) is 4. The number of hydrogen-bond acceptors (Lipinski definition) is 7. The number of ether oxygens (including phenoxy) is 1. The van der Waals surface area contributed by atoms with Crippen LogP contribution in [0, 0.1) is 0 Å². The minimum Gasteiger partial charge on any atom is -0.495 e. The molecule has 162 valence electrons. The first-order chi connectivity index (χ1) is 15.0. The van der Waals surface area contributed by atoms with Crippen LogP contribution in [0.15, 0.2) is 59.8 Å². The van der Waals surface area contributed by atoms with Gasteiger partial charge in [-0.05, 0) is 37.1 Å². The SMILES string of the molecule is CNc1cc(C2CCCN(S(=O)(=O)c3ccccc3OC)C2)nc(-c2cccnc2)n1. The van der Waals surface area contributed by atoms with Gasteiger partial charge < -0.3 is 10.1 Å². The molecule has 1 atom stereocenters. The third kappa shape index (κ3) is 4.38. The average molecular weight is 440 g/mol. The van der Waals surface area contributed by atoms with Crippen molar-refractivity contribution in [3.05, 3.63) is 60.6 Å². The quantitative estimate of drug-likeness (QED) is 0.630. The first-order valence-electron chi connectivity index (χ1n) is 10.1. The van der Waals surface area contributed by atoms with Gasteiger partial charge in [-0.25, -0.2) is 18.4 Å². The van der Waals surface area contributed by atoms with Crippen molar-refractivity contribution in [3.63, 3.8) is 0 Å². The summed E-state index contributed by atoms with van der Waals surface area (Å²) in [6.45, 7) is 0.823. The molecule has 9 heteroatoms. The summed E-state index contributed by atoms with van der Waals surface area (Å²) < 4.78 is 33.5. The van der Waals surface area contributed by atoms with Gasteiger partial charge in [0.25, 0.3) is 0 Å². The van der Waals surface area contributed by atoms with Gasteiger partial charge in [0.1, 0.15) is 16.5 Å². The summed E-state index contributed by atoms with van der Waals surface area (Å²) in [4.78, 5) is 13.6. The molecule has 0 aliphatic carbocycles. The van der Waals surface area contributed by atoms with Gasteiger partial charge in [-0.2, -0.15) is 4.31 Å². The van der Waals surface area contributed by atoms with E-state index in [0.29, 0.717) is 30.5 Å². The van der Waals surface area contributed by atoms with E-state index in [2.05, 4.69) is 15.3 Å². The second-order valence-electron chi connectivity index (χ2n) is 7.35. The van der Waals surface area contributed by atoms with Crippen molar-refractivity contribution in [1.82, 2.24) is 19.3 Å². The predicted molar refractivity (Wildman–Crippen MR) is 119 cm³/mol. The molecule has 3 aromatic rings. The van der Waals surface area contributed by atoms with Crippen molar-refractivity contribution < 1.29 is 13.2 Å². The van der Waals surface area contributed by atoms with E-state index in [1.54, 1.807) is 43.7 Å². The molecule has 8 nitrogen and oxygen atoms in total. The number of aromatic nitrogens is 3. The molecule has 0 amide bonds. The van der Waals surface area contributed by atoms with Crippen molar-refractivity contribution in [2.24, 2.45) is 0 Å². The topological polar surface area (TPSA) is 97.3 Å². The van der Waals surface area contributed by atoms with E-state index in [1.165, 1.54) is 11.4 Å². The monoisotopic (exact) mass is 439 g/mol. The minimum absolute atomic E-state index is 0.0382. The average Bonchev–Trinajstić information content (AvgIpc) is 2.84. The molecule has 1 aromatic carbocycles. The van der Waals surface area contributed by atoms with Crippen LogP contribution in [-0.2, 0) is 10.0 Å². The van der Waals surface area contributed by atoms with Crippen molar-refractivity contribution >= 4 is 15.8 Å². The van der Waals surface area contributed by atoms with E-state index in [-0.39, 0.29) is 10.8 Å². The number of rotatable bonds is 6. The maximum Gasteiger partial charge on any atom is 0.246 e. The number of nitrogens with one attached hydrogen (secondary N) is 1. The van der Waals surface area contributed by atoms with Gasteiger partial charge in [0.2, 0.25) is 10.0 Å². The van der Waals surface area contributed by atoms with Gasteiger partial charge in [0.05, 0.1) is 12.8 Å². The fraction of sp³-hybridized carbons (Fsp3) is 0.318. The highest BCUT2D eigenvalue weighted by molar-refractivity contribution is 7.89. The van der Waals surface area contributed by atoms with Crippen LogP contribution in [0.1, 0.15) is 24.5 Å². The fourth-order valence-electron chi connectivity index (χ4n) is 3.80. The number of benzene rings is 1. The molecule has 0 bridgehead atoms. The molecular formula is C22H25N5O3S. The number of sulfonamides is 1. The number of hydrogen-bond donors (Lipinski definition) is 1. The van der Waals surface area contributed by atoms with Crippen LogP contribution in [0.5, 0.6) is 5.75 Å². The fourth-order valence-corrected chi connectivity index (χ4v) is 5.48. The standard InChI is InChI=1S/C22H25N5O3S/c1-23-21-13-18(25-22(26-21)16-7-5-11-24-14-16)17-8-6-12-27(15-17)31(28,29)20-10-4-3-9-19(20)30-2/h3-5,7,9-11,13-14,17H,6,8,12,15H2,1-2H3,(H,23,25,26). The third-order valence-electron chi connectivity index (χ3n) is 5.41. The molecule has 3 heterocycles. The molecule has 0 radical (unpaired) electrons. The second kappa shape index (κ2) is 8.99.